The molecule has 56 heavy (non-hydrogen) atoms. The van der Waals surface area contributed by atoms with Gasteiger partial charge in [-0.25, -0.2) is 9.78 Å². The summed E-state index contributed by atoms with van der Waals surface area (Å²) in [5, 5.41) is 8.70. The van der Waals surface area contributed by atoms with Crippen LogP contribution in [0.1, 0.15) is 57.6 Å². The van der Waals surface area contributed by atoms with Crippen LogP contribution in [0.2, 0.25) is 10.0 Å². The molecule has 0 spiro atoms. The first-order valence-electron chi connectivity index (χ1n) is 19.0. The Kier molecular flexibility index (Phi) is 11.9. The average Bonchev–Trinajstić information content (AvgIpc) is 3.74. The molecule has 3 aromatic heterocycles. The minimum absolute atomic E-state index is 0.0190. The van der Waals surface area contributed by atoms with Gasteiger partial charge in [-0.2, -0.15) is 0 Å². The second-order valence-electron chi connectivity index (χ2n) is 15.5. The van der Waals surface area contributed by atoms with Crippen molar-refractivity contribution < 1.29 is 23.8 Å². The molecule has 0 bridgehead atoms. The van der Waals surface area contributed by atoms with Crippen LogP contribution in [0.25, 0.3) is 44.7 Å². The molecule has 2 fully saturated rings. The van der Waals surface area contributed by atoms with Crippen molar-refractivity contribution in [2.45, 2.75) is 77.2 Å². The molecule has 5 heterocycles. The second kappa shape index (κ2) is 16.8. The lowest BCUT2D eigenvalue weighted by Gasteiger charge is -2.29. The average molecular weight is 800 g/mol. The fourth-order valence-electron chi connectivity index (χ4n) is 7.41. The Morgan fingerprint density at radius 1 is 1.02 bits per heavy atom. The number of aromatic nitrogens is 3. The van der Waals surface area contributed by atoms with Gasteiger partial charge in [0.2, 0.25) is 5.91 Å². The van der Waals surface area contributed by atoms with Gasteiger partial charge in [0.05, 0.1) is 35.1 Å². The third-order valence-electron chi connectivity index (χ3n) is 10.3. The van der Waals surface area contributed by atoms with Crippen molar-refractivity contribution in [3.8, 4) is 39.4 Å². The van der Waals surface area contributed by atoms with Gasteiger partial charge in [-0.05, 0) is 69.9 Å². The Hall–Kier alpha value is -4.68. The number of halogens is 2. The molecule has 0 unspecified atom stereocenters. The lowest BCUT2D eigenvalue weighted by atomic mass is 9.99. The third-order valence-corrected chi connectivity index (χ3v) is 11.1. The second-order valence-corrected chi connectivity index (χ2v) is 16.2. The summed E-state index contributed by atoms with van der Waals surface area (Å²) in [6, 6.07) is 17.8. The van der Waals surface area contributed by atoms with Crippen LogP contribution in [0.4, 0.5) is 4.79 Å². The molecular formula is C43H48Cl2N6O5. The highest BCUT2D eigenvalue weighted by Crippen LogP contribution is 2.42. The molecule has 2 aliphatic rings. The van der Waals surface area contributed by atoms with Crippen molar-refractivity contribution in [2.24, 2.45) is 7.05 Å². The van der Waals surface area contributed by atoms with Crippen molar-refractivity contribution in [3.05, 3.63) is 88.2 Å². The largest absolute Gasteiger partial charge is 0.496 e. The summed E-state index contributed by atoms with van der Waals surface area (Å²) in [6.07, 6.45) is 6.50. The van der Waals surface area contributed by atoms with Crippen LogP contribution < -0.4 is 15.4 Å². The van der Waals surface area contributed by atoms with Gasteiger partial charge in [0, 0.05) is 97.5 Å². The predicted molar refractivity (Wildman–Crippen MR) is 220 cm³/mol. The van der Waals surface area contributed by atoms with Gasteiger partial charge in [0.25, 0.3) is 0 Å². The van der Waals surface area contributed by atoms with Gasteiger partial charge < -0.3 is 34.3 Å². The van der Waals surface area contributed by atoms with Crippen molar-refractivity contribution >= 4 is 46.2 Å². The van der Waals surface area contributed by atoms with Crippen molar-refractivity contribution in [1.82, 2.24) is 30.1 Å². The summed E-state index contributed by atoms with van der Waals surface area (Å²) in [5.74, 6) is 0.536. The number of pyridine rings is 2. The van der Waals surface area contributed by atoms with Crippen LogP contribution in [0, 0.1) is 0 Å². The Bertz CT molecular complexity index is 2250. The quantitative estimate of drug-likeness (QED) is 0.137. The zero-order valence-corrected chi connectivity index (χ0v) is 34.0. The van der Waals surface area contributed by atoms with Crippen LogP contribution in [0.15, 0.2) is 67.0 Å². The molecule has 13 heteroatoms. The topological polar surface area (TPSA) is 120 Å². The summed E-state index contributed by atoms with van der Waals surface area (Å²) in [4.78, 5) is 36.6. The van der Waals surface area contributed by atoms with E-state index in [1.807, 2.05) is 76.3 Å². The smallest absolute Gasteiger partial charge is 0.410 e. The van der Waals surface area contributed by atoms with E-state index in [4.69, 9.17) is 42.4 Å². The van der Waals surface area contributed by atoms with Crippen LogP contribution in [0.3, 0.4) is 0 Å². The summed E-state index contributed by atoms with van der Waals surface area (Å²) >= 11 is 14.4. The Labute approximate surface area is 337 Å². The highest BCUT2D eigenvalue weighted by molar-refractivity contribution is 6.39. The fraction of sp³-hybridized carbons (Fsp3) is 0.395. The molecule has 294 valence electrons. The number of carbonyl (C=O) groups is 2. The van der Waals surface area contributed by atoms with E-state index in [-0.39, 0.29) is 18.5 Å². The SMILES string of the molecule is COc1cc(-c2nccc(-c3cccc(-c4ccc5c(CNC6CCOCC6)cn(C)c5n4)c3Cl)c2Cl)ccc1CN(C[C@@H]1CCC(=O)N1)C(=O)OC(C)(C)C. The number of nitrogens with zero attached hydrogens (tertiary/aromatic N) is 4. The first-order valence-corrected chi connectivity index (χ1v) is 19.8. The summed E-state index contributed by atoms with van der Waals surface area (Å²) < 4.78 is 19.1. The molecule has 7 rings (SSSR count). The van der Waals surface area contributed by atoms with E-state index in [1.54, 1.807) is 18.2 Å². The van der Waals surface area contributed by atoms with E-state index in [0.29, 0.717) is 46.9 Å². The number of fused-ring (bicyclic) bond motifs is 1. The Balaban J connectivity index is 1.15. The monoisotopic (exact) mass is 798 g/mol. The number of amides is 2. The number of benzene rings is 2. The number of aryl methyl sites for hydroxylation is 1. The molecule has 2 aliphatic heterocycles. The third kappa shape index (κ3) is 8.81. The molecule has 0 saturated carbocycles. The number of ether oxygens (including phenoxy) is 3. The van der Waals surface area contributed by atoms with Gasteiger partial charge in [-0.3, -0.25) is 9.78 Å². The Morgan fingerprint density at radius 2 is 1.79 bits per heavy atom. The molecule has 0 aliphatic carbocycles. The zero-order valence-electron chi connectivity index (χ0n) is 32.5. The first kappa shape index (κ1) is 39.6. The number of nitrogens with one attached hydrogen (secondary N) is 2. The first-order chi connectivity index (χ1) is 26.9. The van der Waals surface area contributed by atoms with E-state index in [2.05, 4.69) is 32.4 Å². The lowest BCUT2D eigenvalue weighted by molar-refractivity contribution is -0.119. The minimum Gasteiger partial charge on any atom is -0.496 e. The van der Waals surface area contributed by atoms with Crippen LogP contribution in [-0.2, 0) is 34.4 Å². The minimum atomic E-state index is -0.684. The highest BCUT2D eigenvalue weighted by Gasteiger charge is 2.29. The standard InChI is InChI=1S/C43H48Cl2N6O5/c1-43(2,3)56-42(53)51(25-30-11-14-37(52)48-30)24-27-10-9-26(21-36(27)54-5)40-39(45)33(15-18-46-40)32-7-6-8-34(38(32)44)35-13-12-31-28(23-50(4)41(31)49-35)22-47-29-16-19-55-20-17-29/h6-10,12-13,15,18,21,23,29-30,47H,11,14,16-17,19-20,22,24-25H2,1-5H3,(H,48,52)/t30-/m0/s1. The lowest BCUT2D eigenvalue weighted by Crippen LogP contribution is -2.43. The maximum atomic E-state index is 13.3. The van der Waals surface area contributed by atoms with Crippen molar-refractivity contribution in [3.63, 3.8) is 0 Å². The van der Waals surface area contributed by atoms with Gasteiger partial charge in [0.1, 0.15) is 17.0 Å². The fourth-order valence-corrected chi connectivity index (χ4v) is 8.06. The predicted octanol–water partition coefficient (Wildman–Crippen LogP) is 8.57. The van der Waals surface area contributed by atoms with Gasteiger partial charge in [0.15, 0.2) is 0 Å². The van der Waals surface area contributed by atoms with Crippen molar-refractivity contribution in [1.29, 1.82) is 0 Å². The van der Waals surface area contributed by atoms with E-state index in [9.17, 15) is 9.59 Å². The number of methoxy groups -OCH3 is 1. The van der Waals surface area contributed by atoms with Crippen LogP contribution in [0.5, 0.6) is 5.75 Å². The molecule has 11 nitrogen and oxygen atoms in total. The molecule has 1 atom stereocenters. The molecule has 5 aromatic rings. The molecule has 2 aromatic carbocycles. The summed E-state index contributed by atoms with van der Waals surface area (Å²) in [5.41, 5.74) is 6.48. The maximum absolute atomic E-state index is 13.3. The molecule has 0 radical (unpaired) electrons. The number of hydrogen-bond acceptors (Lipinski definition) is 8. The van der Waals surface area contributed by atoms with Crippen LogP contribution >= 0.6 is 23.2 Å². The van der Waals surface area contributed by atoms with Gasteiger partial charge >= 0.3 is 6.09 Å². The van der Waals surface area contributed by atoms with Gasteiger partial charge in [-0.1, -0.05) is 53.5 Å². The summed E-state index contributed by atoms with van der Waals surface area (Å²) in [6.45, 7) is 8.37. The zero-order chi connectivity index (χ0) is 39.6. The highest BCUT2D eigenvalue weighted by atomic mass is 35.5. The molecule has 2 saturated heterocycles. The van der Waals surface area contributed by atoms with Crippen molar-refractivity contribution in [2.75, 3.05) is 26.9 Å². The number of carbonyl (C=O) groups excluding carboxylic acids is 2. The van der Waals surface area contributed by atoms with Gasteiger partial charge in [-0.15, -0.1) is 0 Å². The normalized spacial score (nSPS) is 16.3. The maximum Gasteiger partial charge on any atom is 0.410 e. The molecule has 2 amide bonds. The molecule has 2 N–H and O–H groups in total. The van der Waals surface area contributed by atoms with E-state index in [1.165, 1.54) is 5.56 Å². The number of rotatable bonds is 11. The van der Waals surface area contributed by atoms with E-state index < -0.39 is 11.7 Å². The van der Waals surface area contributed by atoms with E-state index in [0.717, 1.165) is 77.1 Å². The van der Waals surface area contributed by atoms with Crippen LogP contribution in [-0.4, -0.2) is 76.0 Å². The molecular weight excluding hydrogens is 751 g/mol. The van der Waals surface area contributed by atoms with E-state index >= 15 is 0 Å². The number of hydrogen-bond donors (Lipinski definition) is 2. The summed E-state index contributed by atoms with van der Waals surface area (Å²) in [7, 11) is 3.60. The Morgan fingerprint density at radius 3 is 2.52 bits per heavy atom.